The number of rotatable bonds is 3. The molecule has 0 spiro atoms. The van der Waals surface area contributed by atoms with Gasteiger partial charge in [0.1, 0.15) is 11.6 Å². The van der Waals surface area contributed by atoms with Crippen molar-refractivity contribution in [2.75, 3.05) is 0 Å². The second kappa shape index (κ2) is 6.31. The van der Waals surface area contributed by atoms with Gasteiger partial charge in [0.2, 0.25) is 5.78 Å². The van der Waals surface area contributed by atoms with Crippen molar-refractivity contribution in [3.05, 3.63) is 75.3 Å². The standard InChI is InChI=1S/C17H12BrNO/c1-12-7-8-13(10-16(12)18)9-15(11-19)17(20)14-5-3-2-4-6-14/h2-10H,1H3. The fraction of sp³-hybridized carbons (Fsp3) is 0.0588. The molecule has 0 heterocycles. The summed E-state index contributed by atoms with van der Waals surface area (Å²) in [7, 11) is 0. The lowest BCUT2D eigenvalue weighted by Crippen LogP contribution is -2.01. The summed E-state index contributed by atoms with van der Waals surface area (Å²) in [5.41, 5.74) is 2.58. The molecular weight excluding hydrogens is 314 g/mol. The van der Waals surface area contributed by atoms with Gasteiger partial charge in [-0.3, -0.25) is 4.79 Å². The Balaban J connectivity index is 2.37. The average Bonchev–Trinajstić information content (AvgIpc) is 2.48. The van der Waals surface area contributed by atoms with Crippen molar-refractivity contribution in [3.63, 3.8) is 0 Å². The molecule has 2 aromatic rings. The van der Waals surface area contributed by atoms with Gasteiger partial charge in [-0.25, -0.2) is 0 Å². The highest BCUT2D eigenvalue weighted by Gasteiger charge is 2.11. The van der Waals surface area contributed by atoms with Gasteiger partial charge in [-0.2, -0.15) is 5.26 Å². The number of benzene rings is 2. The second-order valence-corrected chi connectivity index (χ2v) is 5.23. The van der Waals surface area contributed by atoms with Crippen molar-refractivity contribution in [3.8, 4) is 6.07 Å². The Kier molecular flexibility index (Phi) is 4.49. The van der Waals surface area contributed by atoms with E-state index in [9.17, 15) is 10.1 Å². The third-order valence-corrected chi connectivity index (χ3v) is 3.76. The van der Waals surface area contributed by atoms with Crippen molar-refractivity contribution < 1.29 is 4.79 Å². The predicted octanol–water partition coefficient (Wildman–Crippen LogP) is 4.55. The van der Waals surface area contributed by atoms with E-state index >= 15 is 0 Å². The maximum atomic E-state index is 12.2. The summed E-state index contributed by atoms with van der Waals surface area (Å²) in [6, 6.07) is 16.5. The van der Waals surface area contributed by atoms with Crippen LogP contribution in [-0.2, 0) is 0 Å². The van der Waals surface area contributed by atoms with Gasteiger partial charge in [0, 0.05) is 10.0 Å². The van der Waals surface area contributed by atoms with Crippen LogP contribution in [0.3, 0.4) is 0 Å². The quantitative estimate of drug-likeness (QED) is 0.472. The topological polar surface area (TPSA) is 40.9 Å². The molecule has 0 atom stereocenters. The number of hydrogen-bond acceptors (Lipinski definition) is 2. The molecule has 0 aromatic heterocycles. The molecule has 2 rings (SSSR count). The molecule has 0 unspecified atom stereocenters. The summed E-state index contributed by atoms with van der Waals surface area (Å²) >= 11 is 3.44. The van der Waals surface area contributed by atoms with Crippen molar-refractivity contribution >= 4 is 27.8 Å². The Bertz CT molecular complexity index is 712. The molecule has 0 fully saturated rings. The molecule has 3 heteroatoms. The third-order valence-electron chi connectivity index (χ3n) is 2.91. The van der Waals surface area contributed by atoms with Crippen LogP contribution >= 0.6 is 15.9 Å². The molecule has 0 aliphatic heterocycles. The number of halogens is 1. The maximum Gasteiger partial charge on any atom is 0.203 e. The van der Waals surface area contributed by atoms with E-state index in [0.717, 1.165) is 15.6 Å². The molecule has 0 N–H and O–H groups in total. The second-order valence-electron chi connectivity index (χ2n) is 4.37. The highest BCUT2D eigenvalue weighted by molar-refractivity contribution is 9.10. The smallest absolute Gasteiger partial charge is 0.203 e. The largest absolute Gasteiger partial charge is 0.288 e. The van der Waals surface area contributed by atoms with E-state index in [2.05, 4.69) is 15.9 Å². The van der Waals surface area contributed by atoms with Gasteiger partial charge in [0.25, 0.3) is 0 Å². The summed E-state index contributed by atoms with van der Waals surface area (Å²) < 4.78 is 0.954. The SMILES string of the molecule is Cc1ccc(C=C(C#N)C(=O)c2ccccc2)cc1Br. The normalized spacial score (nSPS) is 10.9. The first-order chi connectivity index (χ1) is 9.61. The highest BCUT2D eigenvalue weighted by atomic mass is 79.9. The first-order valence-electron chi connectivity index (χ1n) is 6.09. The Morgan fingerprint density at radius 1 is 1.20 bits per heavy atom. The summed E-state index contributed by atoms with van der Waals surface area (Å²) in [6.07, 6.45) is 1.61. The molecule has 0 aliphatic carbocycles. The van der Waals surface area contributed by atoms with Gasteiger partial charge in [-0.1, -0.05) is 58.4 Å². The van der Waals surface area contributed by atoms with E-state index in [4.69, 9.17) is 0 Å². The zero-order chi connectivity index (χ0) is 14.5. The van der Waals surface area contributed by atoms with Crippen LogP contribution in [0.1, 0.15) is 21.5 Å². The fourth-order valence-corrected chi connectivity index (χ4v) is 2.16. The van der Waals surface area contributed by atoms with Gasteiger partial charge in [0.05, 0.1) is 0 Å². The van der Waals surface area contributed by atoms with E-state index in [1.54, 1.807) is 30.3 Å². The number of hydrogen-bond donors (Lipinski definition) is 0. The lowest BCUT2D eigenvalue weighted by Gasteiger charge is -2.02. The number of nitriles is 1. The minimum absolute atomic E-state index is 0.131. The van der Waals surface area contributed by atoms with Crippen LogP contribution in [0.15, 0.2) is 58.6 Å². The Labute approximate surface area is 126 Å². The van der Waals surface area contributed by atoms with Crippen molar-refractivity contribution in [2.45, 2.75) is 6.92 Å². The van der Waals surface area contributed by atoms with Crippen LogP contribution in [0.2, 0.25) is 0 Å². The molecule has 2 nitrogen and oxygen atoms in total. The molecule has 0 amide bonds. The van der Waals surface area contributed by atoms with E-state index in [-0.39, 0.29) is 11.4 Å². The van der Waals surface area contributed by atoms with Gasteiger partial charge >= 0.3 is 0 Å². The van der Waals surface area contributed by atoms with Gasteiger partial charge in [-0.05, 0) is 30.2 Å². The Morgan fingerprint density at radius 2 is 1.90 bits per heavy atom. The number of Topliss-reactive ketones (excluding diaryl/α,β-unsaturated/α-hetero) is 1. The first-order valence-corrected chi connectivity index (χ1v) is 6.89. The van der Waals surface area contributed by atoms with E-state index in [1.807, 2.05) is 37.3 Å². The number of carbonyl (C=O) groups is 1. The monoisotopic (exact) mass is 325 g/mol. The number of nitrogens with zero attached hydrogens (tertiary/aromatic N) is 1. The summed E-state index contributed by atoms with van der Waals surface area (Å²) in [4.78, 5) is 12.2. The molecule has 0 aliphatic rings. The van der Waals surface area contributed by atoms with Gasteiger partial charge in [-0.15, -0.1) is 0 Å². The lowest BCUT2D eigenvalue weighted by atomic mass is 10.0. The van der Waals surface area contributed by atoms with Crippen LogP contribution in [0.5, 0.6) is 0 Å². The van der Waals surface area contributed by atoms with Crippen molar-refractivity contribution in [2.24, 2.45) is 0 Å². The van der Waals surface area contributed by atoms with Crippen LogP contribution in [0.25, 0.3) is 6.08 Å². The molecule has 20 heavy (non-hydrogen) atoms. The van der Waals surface area contributed by atoms with Crippen molar-refractivity contribution in [1.82, 2.24) is 0 Å². The highest BCUT2D eigenvalue weighted by Crippen LogP contribution is 2.20. The minimum Gasteiger partial charge on any atom is -0.288 e. The maximum absolute atomic E-state index is 12.2. The van der Waals surface area contributed by atoms with E-state index < -0.39 is 0 Å². The van der Waals surface area contributed by atoms with Crippen LogP contribution < -0.4 is 0 Å². The van der Waals surface area contributed by atoms with E-state index in [0.29, 0.717) is 5.56 Å². The van der Waals surface area contributed by atoms with Crippen LogP contribution in [-0.4, -0.2) is 5.78 Å². The number of allylic oxidation sites excluding steroid dienone is 1. The molecule has 0 radical (unpaired) electrons. The zero-order valence-electron chi connectivity index (χ0n) is 10.9. The zero-order valence-corrected chi connectivity index (χ0v) is 12.5. The van der Waals surface area contributed by atoms with Crippen LogP contribution in [0, 0.1) is 18.3 Å². The summed E-state index contributed by atoms with van der Waals surface area (Å²) in [5.74, 6) is -0.259. The number of carbonyl (C=O) groups excluding carboxylic acids is 1. The Hall–Kier alpha value is -2.18. The molecule has 98 valence electrons. The summed E-state index contributed by atoms with van der Waals surface area (Å²) in [5, 5.41) is 9.19. The number of ketones is 1. The molecule has 0 saturated heterocycles. The average molecular weight is 326 g/mol. The Morgan fingerprint density at radius 3 is 2.50 bits per heavy atom. The van der Waals surface area contributed by atoms with Crippen LogP contribution in [0.4, 0.5) is 0 Å². The lowest BCUT2D eigenvalue weighted by molar-refractivity contribution is 0.104. The van der Waals surface area contributed by atoms with Gasteiger partial charge in [0.15, 0.2) is 0 Å². The third kappa shape index (κ3) is 3.23. The minimum atomic E-state index is -0.259. The molecule has 0 saturated carbocycles. The summed E-state index contributed by atoms with van der Waals surface area (Å²) in [6.45, 7) is 1.98. The molecular formula is C17H12BrNO. The fourth-order valence-electron chi connectivity index (χ4n) is 1.76. The number of aryl methyl sites for hydroxylation is 1. The molecule has 0 bridgehead atoms. The predicted molar refractivity (Wildman–Crippen MR) is 83.2 cm³/mol. The first kappa shape index (κ1) is 14.2. The van der Waals surface area contributed by atoms with Gasteiger partial charge < -0.3 is 0 Å². The van der Waals surface area contributed by atoms with Crippen molar-refractivity contribution in [1.29, 1.82) is 5.26 Å². The molecule has 2 aromatic carbocycles. The van der Waals surface area contributed by atoms with E-state index in [1.165, 1.54) is 0 Å².